The molecule has 2 aromatic carbocycles. The summed E-state index contributed by atoms with van der Waals surface area (Å²) >= 11 is 1.41. The minimum absolute atomic E-state index is 0.0675. The van der Waals surface area contributed by atoms with Crippen LogP contribution in [-0.4, -0.2) is 39.1 Å². The molecule has 1 aliphatic rings. The van der Waals surface area contributed by atoms with Crippen molar-refractivity contribution < 1.29 is 13.9 Å². The van der Waals surface area contributed by atoms with Gasteiger partial charge in [0, 0.05) is 17.3 Å². The summed E-state index contributed by atoms with van der Waals surface area (Å²) in [5, 5.41) is 9.26. The number of hydrogen-bond donors (Lipinski definition) is 0. The minimum Gasteiger partial charge on any atom is -0.497 e. The first-order valence-corrected chi connectivity index (χ1v) is 12.1. The summed E-state index contributed by atoms with van der Waals surface area (Å²) in [5.41, 5.74) is 3.09. The van der Waals surface area contributed by atoms with Gasteiger partial charge in [0.25, 0.3) is 0 Å². The summed E-state index contributed by atoms with van der Waals surface area (Å²) in [5.74, 6) is 2.28. The van der Waals surface area contributed by atoms with Gasteiger partial charge in [0.15, 0.2) is 11.0 Å². The molecule has 1 amide bonds. The molecular formula is C26H26N4O3S. The number of nitrogens with zero attached hydrogens (tertiary/aromatic N) is 4. The number of amides is 1. The number of para-hydroxylation sites is 1. The van der Waals surface area contributed by atoms with Crippen LogP contribution in [0.3, 0.4) is 0 Å². The standard InChI is InChI=1S/C26H26N4O3S/c1-17-14-19-8-4-5-12-23(19)30(17)25(31)18(2)34-26-28-27-24(20-9-6-10-21(15-20)32-3)29(26)16-22-11-7-13-33-22/h4-13,15,17-18H,14,16H2,1-3H3/t17-,18+/m1/s1. The monoisotopic (exact) mass is 474 g/mol. The molecular weight excluding hydrogens is 448 g/mol. The van der Waals surface area contributed by atoms with E-state index < -0.39 is 0 Å². The van der Waals surface area contributed by atoms with E-state index in [2.05, 4.69) is 23.2 Å². The van der Waals surface area contributed by atoms with Crippen molar-refractivity contribution in [3.63, 3.8) is 0 Å². The summed E-state index contributed by atoms with van der Waals surface area (Å²) in [6, 6.07) is 19.7. The van der Waals surface area contributed by atoms with Crippen LogP contribution < -0.4 is 9.64 Å². The Labute approximate surface area is 202 Å². The van der Waals surface area contributed by atoms with Crippen LogP contribution in [0.2, 0.25) is 0 Å². The Kier molecular flexibility index (Phi) is 6.15. The lowest BCUT2D eigenvalue weighted by Gasteiger charge is -2.25. The Hall–Kier alpha value is -3.52. The molecule has 0 saturated carbocycles. The van der Waals surface area contributed by atoms with Gasteiger partial charge in [0.1, 0.15) is 11.5 Å². The molecule has 0 fully saturated rings. The molecule has 3 heterocycles. The number of rotatable bonds is 7. The van der Waals surface area contributed by atoms with E-state index in [1.165, 1.54) is 17.3 Å². The maximum atomic E-state index is 13.5. The molecule has 0 N–H and O–H groups in total. The number of thioether (sulfide) groups is 1. The molecule has 0 spiro atoms. The number of carbonyl (C=O) groups is 1. The van der Waals surface area contributed by atoms with E-state index in [4.69, 9.17) is 9.15 Å². The lowest BCUT2D eigenvalue weighted by molar-refractivity contribution is -0.118. The predicted molar refractivity (Wildman–Crippen MR) is 132 cm³/mol. The largest absolute Gasteiger partial charge is 0.497 e. The number of benzene rings is 2. The fraction of sp³-hybridized carbons (Fsp3) is 0.269. The zero-order valence-electron chi connectivity index (χ0n) is 19.3. The smallest absolute Gasteiger partial charge is 0.240 e. The summed E-state index contributed by atoms with van der Waals surface area (Å²) in [6.07, 6.45) is 2.52. The fourth-order valence-electron chi connectivity index (χ4n) is 4.36. The summed E-state index contributed by atoms with van der Waals surface area (Å²) in [4.78, 5) is 15.4. The van der Waals surface area contributed by atoms with Gasteiger partial charge >= 0.3 is 0 Å². The molecule has 174 valence electrons. The van der Waals surface area contributed by atoms with E-state index in [9.17, 15) is 4.79 Å². The maximum absolute atomic E-state index is 13.5. The van der Waals surface area contributed by atoms with Gasteiger partial charge < -0.3 is 14.1 Å². The summed E-state index contributed by atoms with van der Waals surface area (Å²) in [6.45, 7) is 4.48. The molecule has 0 saturated heterocycles. The van der Waals surface area contributed by atoms with Crippen molar-refractivity contribution in [2.45, 2.75) is 43.3 Å². The highest BCUT2D eigenvalue weighted by atomic mass is 32.2. The highest BCUT2D eigenvalue weighted by molar-refractivity contribution is 8.00. The number of ether oxygens (including phenoxy) is 1. The third-order valence-electron chi connectivity index (χ3n) is 6.01. The first-order valence-electron chi connectivity index (χ1n) is 11.2. The number of methoxy groups -OCH3 is 1. The second-order valence-electron chi connectivity index (χ2n) is 8.35. The number of hydrogen-bond acceptors (Lipinski definition) is 6. The predicted octanol–water partition coefficient (Wildman–Crippen LogP) is 5.05. The number of furan rings is 1. The molecule has 34 heavy (non-hydrogen) atoms. The van der Waals surface area contributed by atoms with E-state index in [1.807, 2.05) is 71.0 Å². The molecule has 0 bridgehead atoms. The Morgan fingerprint density at radius 2 is 2.03 bits per heavy atom. The molecule has 2 aromatic heterocycles. The third kappa shape index (κ3) is 4.21. The lowest BCUT2D eigenvalue weighted by Crippen LogP contribution is -2.40. The molecule has 5 rings (SSSR count). The van der Waals surface area contributed by atoms with Gasteiger partial charge in [0.2, 0.25) is 5.91 Å². The SMILES string of the molecule is COc1cccc(-c2nnc(S[C@@H](C)C(=O)N3c4ccccc4C[C@H]3C)n2Cc2ccco2)c1. The molecule has 1 aliphatic heterocycles. The minimum atomic E-state index is -0.341. The first kappa shape index (κ1) is 22.3. The lowest BCUT2D eigenvalue weighted by atomic mass is 10.1. The average Bonchev–Trinajstić information content (AvgIpc) is 3.58. The zero-order chi connectivity index (χ0) is 23.7. The van der Waals surface area contributed by atoms with Gasteiger partial charge in [-0.2, -0.15) is 0 Å². The average molecular weight is 475 g/mol. The van der Waals surface area contributed by atoms with Crippen LogP contribution in [0.15, 0.2) is 76.5 Å². The van der Waals surface area contributed by atoms with Crippen molar-refractivity contribution in [2.24, 2.45) is 0 Å². The molecule has 7 nitrogen and oxygen atoms in total. The Bertz CT molecular complexity index is 1300. The van der Waals surface area contributed by atoms with E-state index in [0.29, 0.717) is 17.5 Å². The topological polar surface area (TPSA) is 73.4 Å². The quantitative estimate of drug-likeness (QED) is 0.349. The van der Waals surface area contributed by atoms with E-state index in [-0.39, 0.29) is 17.2 Å². The zero-order valence-corrected chi connectivity index (χ0v) is 20.2. The molecule has 8 heteroatoms. The van der Waals surface area contributed by atoms with Crippen molar-refractivity contribution in [1.82, 2.24) is 14.8 Å². The number of aromatic nitrogens is 3. The van der Waals surface area contributed by atoms with Crippen LogP contribution in [0.25, 0.3) is 11.4 Å². The number of fused-ring (bicyclic) bond motifs is 1. The van der Waals surface area contributed by atoms with Crippen LogP contribution in [-0.2, 0) is 17.8 Å². The third-order valence-corrected chi connectivity index (χ3v) is 7.08. The summed E-state index contributed by atoms with van der Waals surface area (Å²) < 4.78 is 13.0. The summed E-state index contributed by atoms with van der Waals surface area (Å²) in [7, 11) is 1.64. The first-order chi connectivity index (χ1) is 16.5. The van der Waals surface area contributed by atoms with Gasteiger partial charge in [0.05, 0.1) is 25.2 Å². The van der Waals surface area contributed by atoms with Gasteiger partial charge in [-0.3, -0.25) is 9.36 Å². The van der Waals surface area contributed by atoms with E-state index in [1.54, 1.807) is 13.4 Å². The van der Waals surface area contributed by atoms with Gasteiger partial charge in [-0.05, 0) is 56.2 Å². The maximum Gasteiger partial charge on any atom is 0.240 e. The normalized spacial score (nSPS) is 15.9. The second-order valence-corrected chi connectivity index (χ2v) is 9.66. The van der Waals surface area contributed by atoms with Crippen molar-refractivity contribution >= 4 is 23.4 Å². The van der Waals surface area contributed by atoms with Crippen LogP contribution in [0.4, 0.5) is 5.69 Å². The second kappa shape index (κ2) is 9.38. The molecule has 0 radical (unpaired) electrons. The van der Waals surface area contributed by atoms with Gasteiger partial charge in [-0.25, -0.2) is 0 Å². The number of carbonyl (C=O) groups excluding carboxylic acids is 1. The van der Waals surface area contributed by atoms with E-state index in [0.717, 1.165) is 29.2 Å². The van der Waals surface area contributed by atoms with Gasteiger partial charge in [-0.15, -0.1) is 10.2 Å². The van der Waals surface area contributed by atoms with Crippen LogP contribution in [0.5, 0.6) is 5.75 Å². The molecule has 0 unspecified atom stereocenters. The molecule has 2 atom stereocenters. The Balaban J connectivity index is 1.45. The van der Waals surface area contributed by atoms with Crippen molar-refractivity contribution in [3.05, 3.63) is 78.3 Å². The highest BCUT2D eigenvalue weighted by Crippen LogP contribution is 2.35. The van der Waals surface area contributed by atoms with Crippen molar-refractivity contribution in [3.8, 4) is 17.1 Å². The van der Waals surface area contributed by atoms with Gasteiger partial charge in [-0.1, -0.05) is 42.1 Å². The van der Waals surface area contributed by atoms with Crippen LogP contribution >= 0.6 is 11.8 Å². The van der Waals surface area contributed by atoms with Crippen molar-refractivity contribution in [1.29, 1.82) is 0 Å². The number of anilines is 1. The molecule has 0 aliphatic carbocycles. The van der Waals surface area contributed by atoms with E-state index >= 15 is 0 Å². The van der Waals surface area contributed by atoms with Crippen molar-refractivity contribution in [2.75, 3.05) is 12.0 Å². The highest BCUT2D eigenvalue weighted by Gasteiger charge is 2.34. The molecule has 4 aromatic rings. The Morgan fingerprint density at radius 3 is 2.82 bits per heavy atom. The van der Waals surface area contributed by atoms with Crippen LogP contribution in [0.1, 0.15) is 25.2 Å². The van der Waals surface area contributed by atoms with Crippen LogP contribution in [0, 0.1) is 0 Å². The Morgan fingerprint density at radius 1 is 1.18 bits per heavy atom. The fourth-order valence-corrected chi connectivity index (χ4v) is 5.26.